The van der Waals surface area contributed by atoms with Crippen LogP contribution in [-0.4, -0.2) is 5.25 Å². The summed E-state index contributed by atoms with van der Waals surface area (Å²) in [5.74, 6) is 0. The van der Waals surface area contributed by atoms with Crippen LogP contribution >= 0.6 is 11.8 Å². The Balaban J connectivity index is 2.22. The van der Waals surface area contributed by atoms with Crippen molar-refractivity contribution in [2.45, 2.75) is 18.1 Å². The molecule has 1 heteroatoms. The molecule has 39 valence electrons. The molecule has 7 heavy (non-hydrogen) atoms. The van der Waals surface area contributed by atoms with Crippen LogP contribution in [0, 0.1) is 6.92 Å². The second kappa shape index (κ2) is 2.41. The number of rotatable bonds is 1. The van der Waals surface area contributed by atoms with Gasteiger partial charge in [-0.05, 0) is 18.2 Å². The zero-order valence-corrected chi connectivity index (χ0v) is 5.08. The van der Waals surface area contributed by atoms with E-state index >= 15 is 0 Å². The lowest BCUT2D eigenvalue weighted by Gasteiger charge is -1.99. The topological polar surface area (TPSA) is 0 Å². The number of hydrogen-bond acceptors (Lipinski definition) is 1. The summed E-state index contributed by atoms with van der Waals surface area (Å²) in [7, 11) is 0. The van der Waals surface area contributed by atoms with E-state index in [4.69, 9.17) is 0 Å². The summed E-state index contributed by atoms with van der Waals surface area (Å²) in [5.41, 5.74) is 0. The maximum atomic E-state index is 3.81. The van der Waals surface area contributed by atoms with Crippen LogP contribution in [0.4, 0.5) is 0 Å². The lowest BCUT2D eigenvalue weighted by Crippen LogP contribution is -1.90. The van der Waals surface area contributed by atoms with Crippen LogP contribution in [0.25, 0.3) is 0 Å². The smallest absolute Gasteiger partial charge is 0.0123 e. The number of hydrogen-bond donors (Lipinski definition) is 0. The minimum absolute atomic E-state index is 0.792. The normalized spacial score (nSPS) is 29.0. The second-order valence-electron chi connectivity index (χ2n) is 1.65. The molecular weight excluding hydrogens is 104 g/mol. The van der Waals surface area contributed by atoms with Crippen molar-refractivity contribution in [1.29, 1.82) is 0 Å². The van der Waals surface area contributed by atoms with Crippen molar-refractivity contribution in [3.05, 3.63) is 18.4 Å². The van der Waals surface area contributed by atoms with Crippen molar-refractivity contribution in [2.24, 2.45) is 0 Å². The van der Waals surface area contributed by atoms with E-state index in [0.717, 1.165) is 11.7 Å². The number of allylic oxidation sites excluding steroid dienone is 1. The summed E-state index contributed by atoms with van der Waals surface area (Å²) in [6, 6.07) is 0. The molecule has 0 saturated heterocycles. The van der Waals surface area contributed by atoms with Crippen molar-refractivity contribution in [3.8, 4) is 0 Å². The van der Waals surface area contributed by atoms with Crippen LogP contribution in [0.2, 0.25) is 0 Å². The van der Waals surface area contributed by atoms with E-state index in [-0.39, 0.29) is 0 Å². The summed E-state index contributed by atoms with van der Waals surface area (Å²) in [5, 5.41) is 2.95. The quantitative estimate of drug-likeness (QED) is 0.502. The average molecular weight is 113 g/mol. The first-order valence-electron chi connectivity index (χ1n) is 2.53. The van der Waals surface area contributed by atoms with Gasteiger partial charge in [0, 0.05) is 5.25 Å². The maximum absolute atomic E-state index is 3.81. The van der Waals surface area contributed by atoms with E-state index in [1.165, 1.54) is 6.42 Å². The Hall–Kier alpha value is 0.0900. The van der Waals surface area contributed by atoms with E-state index in [1.807, 2.05) is 11.8 Å². The first-order valence-corrected chi connectivity index (χ1v) is 3.47. The molecule has 1 rings (SSSR count). The summed E-state index contributed by atoms with van der Waals surface area (Å²) in [4.78, 5) is 0. The first-order chi connectivity index (χ1) is 3.43. The molecule has 1 heterocycles. The van der Waals surface area contributed by atoms with Crippen molar-refractivity contribution >= 4 is 11.8 Å². The summed E-state index contributed by atoms with van der Waals surface area (Å²) in [6.45, 7) is 3.81. The van der Waals surface area contributed by atoms with Crippen LogP contribution in [-0.2, 0) is 0 Å². The van der Waals surface area contributed by atoms with Gasteiger partial charge >= 0.3 is 0 Å². The SMILES string of the molecule is [CH2]CC1CC=CS1. The van der Waals surface area contributed by atoms with Gasteiger partial charge in [0.1, 0.15) is 0 Å². The van der Waals surface area contributed by atoms with E-state index in [0.29, 0.717) is 0 Å². The zero-order chi connectivity index (χ0) is 5.11. The Morgan fingerprint density at radius 2 is 2.71 bits per heavy atom. The number of thioether (sulfide) groups is 1. The molecule has 0 spiro atoms. The van der Waals surface area contributed by atoms with Crippen LogP contribution in [0.3, 0.4) is 0 Å². The Morgan fingerprint density at radius 3 is 3.00 bits per heavy atom. The predicted octanol–water partition coefficient (Wildman–Crippen LogP) is 2.23. The maximum Gasteiger partial charge on any atom is 0.0123 e. The van der Waals surface area contributed by atoms with Gasteiger partial charge in [0.15, 0.2) is 0 Å². The molecule has 0 amide bonds. The molecule has 0 nitrogen and oxygen atoms in total. The van der Waals surface area contributed by atoms with Crippen LogP contribution < -0.4 is 0 Å². The van der Waals surface area contributed by atoms with Crippen molar-refractivity contribution in [3.63, 3.8) is 0 Å². The van der Waals surface area contributed by atoms with Gasteiger partial charge in [-0.2, -0.15) is 0 Å². The van der Waals surface area contributed by atoms with Gasteiger partial charge < -0.3 is 0 Å². The first kappa shape index (κ1) is 5.23. The van der Waals surface area contributed by atoms with Gasteiger partial charge in [0.2, 0.25) is 0 Å². The Bertz CT molecular complexity index is 68.2. The molecule has 0 aromatic heterocycles. The fraction of sp³-hybridized carbons (Fsp3) is 0.500. The third-order valence-electron chi connectivity index (χ3n) is 1.09. The van der Waals surface area contributed by atoms with E-state index in [9.17, 15) is 0 Å². The highest BCUT2D eigenvalue weighted by Crippen LogP contribution is 2.25. The Kier molecular flexibility index (Phi) is 1.80. The van der Waals surface area contributed by atoms with Gasteiger partial charge in [0.25, 0.3) is 0 Å². The predicted molar refractivity (Wildman–Crippen MR) is 35.1 cm³/mol. The van der Waals surface area contributed by atoms with Gasteiger partial charge in [0.05, 0.1) is 0 Å². The zero-order valence-electron chi connectivity index (χ0n) is 4.26. The van der Waals surface area contributed by atoms with E-state index in [1.54, 1.807) is 0 Å². The molecule has 1 radical (unpaired) electrons. The van der Waals surface area contributed by atoms with Crippen molar-refractivity contribution < 1.29 is 0 Å². The second-order valence-corrected chi connectivity index (χ2v) is 2.87. The van der Waals surface area contributed by atoms with Crippen LogP contribution in [0.1, 0.15) is 12.8 Å². The molecule has 1 unspecified atom stereocenters. The fourth-order valence-electron chi connectivity index (χ4n) is 0.615. The molecule has 0 fully saturated rings. The molecule has 0 N–H and O–H groups in total. The molecule has 0 aromatic carbocycles. The van der Waals surface area contributed by atoms with E-state index < -0.39 is 0 Å². The molecule has 0 aliphatic carbocycles. The molecular formula is C6H9S. The summed E-state index contributed by atoms with van der Waals surface area (Å²) < 4.78 is 0. The molecule has 1 aliphatic rings. The molecule has 0 bridgehead atoms. The van der Waals surface area contributed by atoms with Crippen LogP contribution in [0.5, 0.6) is 0 Å². The average Bonchev–Trinajstić information content (AvgIpc) is 2.14. The summed E-state index contributed by atoms with van der Waals surface area (Å²) >= 11 is 1.90. The minimum Gasteiger partial charge on any atom is -0.131 e. The highest BCUT2D eigenvalue weighted by atomic mass is 32.2. The van der Waals surface area contributed by atoms with Gasteiger partial charge in [-0.25, -0.2) is 0 Å². The third kappa shape index (κ3) is 1.23. The highest BCUT2D eigenvalue weighted by Gasteiger charge is 2.05. The lowest BCUT2D eigenvalue weighted by atomic mass is 10.2. The lowest BCUT2D eigenvalue weighted by molar-refractivity contribution is 0.904. The molecule has 1 atom stereocenters. The minimum atomic E-state index is 0.792. The third-order valence-corrected chi connectivity index (χ3v) is 2.25. The fourth-order valence-corrected chi connectivity index (χ4v) is 1.42. The molecule has 0 saturated carbocycles. The van der Waals surface area contributed by atoms with Gasteiger partial charge in [-0.1, -0.05) is 13.0 Å². The monoisotopic (exact) mass is 113 g/mol. The highest BCUT2D eigenvalue weighted by molar-refractivity contribution is 8.03. The van der Waals surface area contributed by atoms with Gasteiger partial charge in [-0.3, -0.25) is 0 Å². The molecule has 1 aliphatic heterocycles. The van der Waals surface area contributed by atoms with Crippen molar-refractivity contribution in [1.82, 2.24) is 0 Å². The van der Waals surface area contributed by atoms with E-state index in [2.05, 4.69) is 18.4 Å². The molecule has 0 aromatic rings. The Morgan fingerprint density at radius 1 is 1.86 bits per heavy atom. The Labute approximate surface area is 49.0 Å². The van der Waals surface area contributed by atoms with Gasteiger partial charge in [-0.15, -0.1) is 11.8 Å². The van der Waals surface area contributed by atoms with Crippen molar-refractivity contribution in [2.75, 3.05) is 0 Å². The standard InChI is InChI=1S/C6H9S/c1-2-6-4-3-5-7-6/h3,5-6H,1-2,4H2. The van der Waals surface area contributed by atoms with Crippen LogP contribution in [0.15, 0.2) is 11.5 Å². The largest absolute Gasteiger partial charge is 0.131 e. The summed E-state index contributed by atoms with van der Waals surface area (Å²) in [6.07, 6.45) is 4.51.